The number of aromatic carboxylic acids is 1. The van der Waals surface area contributed by atoms with Gasteiger partial charge in [0.25, 0.3) is 5.91 Å². The van der Waals surface area contributed by atoms with Gasteiger partial charge in [0.2, 0.25) is 0 Å². The summed E-state index contributed by atoms with van der Waals surface area (Å²) in [4.78, 5) is 27.8. The van der Waals surface area contributed by atoms with E-state index in [9.17, 15) is 9.59 Å². The molecule has 0 saturated carbocycles. The largest absolute Gasteiger partial charge is 0.477 e. The molecular formula is C18H18N2O4S. The lowest BCUT2D eigenvalue weighted by Crippen LogP contribution is -2.18. The van der Waals surface area contributed by atoms with Crippen molar-refractivity contribution < 1.29 is 19.4 Å². The Hall–Kier alpha value is -2.51. The van der Waals surface area contributed by atoms with E-state index in [1.54, 1.807) is 0 Å². The molecule has 0 aliphatic carbocycles. The average Bonchev–Trinajstić information content (AvgIpc) is 3.10. The van der Waals surface area contributed by atoms with Crippen molar-refractivity contribution in [3.63, 3.8) is 0 Å². The summed E-state index contributed by atoms with van der Waals surface area (Å²) < 4.78 is 5.37. The number of allylic oxidation sites excluding steroid dienone is 1. The van der Waals surface area contributed by atoms with Crippen LogP contribution in [-0.4, -0.2) is 35.2 Å². The molecule has 2 heterocycles. The second kappa shape index (κ2) is 8.04. The van der Waals surface area contributed by atoms with Gasteiger partial charge in [-0.25, -0.2) is 9.78 Å². The molecule has 0 spiro atoms. The van der Waals surface area contributed by atoms with E-state index >= 15 is 0 Å². The van der Waals surface area contributed by atoms with Gasteiger partial charge in [-0.15, -0.1) is 0 Å². The maximum absolute atomic E-state index is 12.8. The van der Waals surface area contributed by atoms with Crippen LogP contribution in [0.4, 0.5) is 5.13 Å². The van der Waals surface area contributed by atoms with Gasteiger partial charge in [0.15, 0.2) is 5.13 Å². The second-order valence-corrected chi connectivity index (χ2v) is 6.72. The Morgan fingerprint density at radius 3 is 2.60 bits per heavy atom. The van der Waals surface area contributed by atoms with Crippen molar-refractivity contribution in [2.45, 2.75) is 12.8 Å². The van der Waals surface area contributed by atoms with Gasteiger partial charge in [0.1, 0.15) is 4.88 Å². The van der Waals surface area contributed by atoms with Gasteiger partial charge in [-0.2, -0.15) is 0 Å². The van der Waals surface area contributed by atoms with Crippen molar-refractivity contribution in [2.24, 2.45) is 5.92 Å². The highest BCUT2D eigenvalue weighted by Gasteiger charge is 2.19. The fourth-order valence-corrected chi connectivity index (χ4v) is 3.28. The first-order valence-corrected chi connectivity index (χ1v) is 8.80. The third-order valence-corrected chi connectivity index (χ3v) is 4.84. The molecule has 1 aromatic carbocycles. The molecule has 2 N–H and O–H groups in total. The molecule has 1 fully saturated rings. The molecular weight excluding hydrogens is 340 g/mol. The molecule has 2 aromatic rings. The number of carboxylic acids is 1. The molecule has 1 aromatic heterocycles. The van der Waals surface area contributed by atoms with E-state index in [2.05, 4.69) is 10.3 Å². The summed E-state index contributed by atoms with van der Waals surface area (Å²) in [6.45, 7) is 1.39. The number of carbonyl (C=O) groups is 2. The number of rotatable bonds is 5. The fourth-order valence-electron chi connectivity index (χ4n) is 2.63. The molecule has 0 unspecified atom stereocenters. The predicted molar refractivity (Wildman–Crippen MR) is 95.7 cm³/mol. The van der Waals surface area contributed by atoms with Crippen molar-refractivity contribution in [1.82, 2.24) is 4.98 Å². The summed E-state index contributed by atoms with van der Waals surface area (Å²) >= 11 is 0.938. The second-order valence-electron chi connectivity index (χ2n) is 5.69. The number of nitrogens with zero attached hydrogens (tertiary/aromatic N) is 1. The molecule has 1 amide bonds. The zero-order chi connectivity index (χ0) is 17.6. The number of hydrogen-bond acceptors (Lipinski definition) is 5. The smallest absolute Gasteiger partial charge is 0.347 e. The fraction of sp³-hybridized carbons (Fsp3) is 0.278. The Morgan fingerprint density at radius 2 is 1.96 bits per heavy atom. The first kappa shape index (κ1) is 17.3. The lowest BCUT2D eigenvalue weighted by molar-refractivity contribution is -0.111. The maximum atomic E-state index is 12.8. The highest BCUT2D eigenvalue weighted by Crippen LogP contribution is 2.25. The summed E-state index contributed by atoms with van der Waals surface area (Å²) in [6.07, 6.45) is 4.99. The van der Waals surface area contributed by atoms with Crippen LogP contribution in [0, 0.1) is 5.92 Å². The normalized spacial score (nSPS) is 15.8. The molecule has 7 heteroatoms. The summed E-state index contributed by atoms with van der Waals surface area (Å²) in [7, 11) is 0. The Labute approximate surface area is 149 Å². The lowest BCUT2D eigenvalue weighted by Gasteiger charge is -2.20. The third-order valence-electron chi connectivity index (χ3n) is 3.93. The summed E-state index contributed by atoms with van der Waals surface area (Å²) in [5, 5.41) is 12.0. The van der Waals surface area contributed by atoms with Crippen LogP contribution in [0.3, 0.4) is 0 Å². The maximum Gasteiger partial charge on any atom is 0.347 e. The molecule has 1 aliphatic rings. The van der Waals surface area contributed by atoms with Gasteiger partial charge in [0.05, 0.1) is 6.20 Å². The molecule has 6 nitrogen and oxygen atoms in total. The number of benzene rings is 1. The number of aromatic nitrogens is 1. The van der Waals surface area contributed by atoms with Crippen molar-refractivity contribution in [2.75, 3.05) is 18.5 Å². The van der Waals surface area contributed by atoms with Gasteiger partial charge in [-0.05, 0) is 24.3 Å². The Bertz CT molecular complexity index is 779. The van der Waals surface area contributed by atoms with Gasteiger partial charge in [-0.3, -0.25) is 10.1 Å². The van der Waals surface area contributed by atoms with Crippen molar-refractivity contribution >= 4 is 33.9 Å². The van der Waals surface area contributed by atoms with Crippen LogP contribution in [0.5, 0.6) is 0 Å². The quantitative estimate of drug-likeness (QED) is 0.801. The van der Waals surface area contributed by atoms with E-state index in [-0.39, 0.29) is 21.8 Å². The molecule has 1 saturated heterocycles. The number of hydrogen-bond donors (Lipinski definition) is 2. The number of amides is 1. The Morgan fingerprint density at radius 1 is 1.24 bits per heavy atom. The standard InChI is InChI=1S/C18H18N2O4S/c21-16(20-18-19-11-15(25-18)17(22)23)14(13-4-2-1-3-5-13)10-12-6-8-24-9-7-12/h1-5,10-12H,6-9H2,(H,22,23)(H,19,20,21). The summed E-state index contributed by atoms with van der Waals surface area (Å²) in [5.74, 6) is -1.07. The topological polar surface area (TPSA) is 88.5 Å². The minimum atomic E-state index is -1.06. The van der Waals surface area contributed by atoms with E-state index in [0.29, 0.717) is 18.8 Å². The monoisotopic (exact) mass is 358 g/mol. The molecule has 0 radical (unpaired) electrons. The van der Waals surface area contributed by atoms with Gasteiger partial charge in [0, 0.05) is 18.8 Å². The molecule has 0 atom stereocenters. The minimum absolute atomic E-state index is 0.0879. The number of nitrogens with one attached hydrogen (secondary N) is 1. The summed E-state index contributed by atoms with van der Waals surface area (Å²) in [5.41, 5.74) is 1.39. The predicted octanol–water partition coefficient (Wildman–Crippen LogP) is 3.29. The lowest BCUT2D eigenvalue weighted by atomic mass is 9.94. The molecule has 25 heavy (non-hydrogen) atoms. The van der Waals surface area contributed by atoms with Crippen LogP contribution in [0.1, 0.15) is 28.1 Å². The van der Waals surface area contributed by atoms with Crippen molar-refractivity contribution in [3.05, 3.63) is 53.0 Å². The van der Waals surface area contributed by atoms with Gasteiger partial charge >= 0.3 is 5.97 Å². The van der Waals surface area contributed by atoms with E-state index in [1.807, 2.05) is 36.4 Å². The van der Waals surface area contributed by atoms with E-state index in [1.165, 1.54) is 6.20 Å². The van der Waals surface area contributed by atoms with Crippen LogP contribution in [-0.2, 0) is 9.53 Å². The highest BCUT2D eigenvalue weighted by molar-refractivity contribution is 7.17. The molecule has 130 valence electrons. The Kier molecular flexibility index (Phi) is 5.57. The number of carbonyl (C=O) groups excluding carboxylic acids is 1. The number of anilines is 1. The van der Waals surface area contributed by atoms with E-state index in [0.717, 1.165) is 29.7 Å². The zero-order valence-electron chi connectivity index (χ0n) is 13.5. The van der Waals surface area contributed by atoms with Crippen LogP contribution in [0.15, 0.2) is 42.6 Å². The molecule has 1 aliphatic heterocycles. The SMILES string of the molecule is O=C(Nc1ncc(C(=O)O)s1)C(=CC1CCOCC1)c1ccccc1. The number of carboxylic acid groups (broad SMARTS) is 1. The van der Waals surface area contributed by atoms with E-state index < -0.39 is 5.97 Å². The zero-order valence-corrected chi connectivity index (χ0v) is 14.3. The van der Waals surface area contributed by atoms with Gasteiger partial charge < -0.3 is 9.84 Å². The highest BCUT2D eigenvalue weighted by atomic mass is 32.1. The van der Waals surface area contributed by atoms with Gasteiger partial charge in [-0.1, -0.05) is 47.7 Å². The number of ether oxygens (including phenoxy) is 1. The van der Waals surface area contributed by atoms with Crippen LogP contribution in [0.25, 0.3) is 5.57 Å². The minimum Gasteiger partial charge on any atom is -0.477 e. The van der Waals surface area contributed by atoms with E-state index in [4.69, 9.17) is 9.84 Å². The third kappa shape index (κ3) is 4.52. The molecule has 0 bridgehead atoms. The number of thiazole rings is 1. The first-order valence-electron chi connectivity index (χ1n) is 7.99. The average molecular weight is 358 g/mol. The van der Waals surface area contributed by atoms with Crippen LogP contribution >= 0.6 is 11.3 Å². The first-order chi connectivity index (χ1) is 12.1. The molecule has 3 rings (SSSR count). The Balaban J connectivity index is 1.83. The van der Waals surface area contributed by atoms with Crippen molar-refractivity contribution in [3.8, 4) is 0 Å². The van der Waals surface area contributed by atoms with Crippen LogP contribution < -0.4 is 5.32 Å². The van der Waals surface area contributed by atoms with Crippen molar-refractivity contribution in [1.29, 1.82) is 0 Å². The summed E-state index contributed by atoms with van der Waals surface area (Å²) in [6, 6.07) is 9.43. The van der Waals surface area contributed by atoms with Crippen LogP contribution in [0.2, 0.25) is 0 Å².